The van der Waals surface area contributed by atoms with E-state index in [1.807, 2.05) is 66.9 Å². The van der Waals surface area contributed by atoms with Crippen LogP contribution in [-0.2, 0) is 0 Å². The Kier molecular flexibility index (Phi) is 5.43. The van der Waals surface area contributed by atoms with Gasteiger partial charge >= 0.3 is 0 Å². The van der Waals surface area contributed by atoms with E-state index in [4.69, 9.17) is 0 Å². The normalized spacial score (nSPS) is 14.2. The Balaban J connectivity index is 1.75. The summed E-state index contributed by atoms with van der Waals surface area (Å²) in [5.74, 6) is 1.93. The van der Waals surface area contributed by atoms with Crippen LogP contribution in [-0.4, -0.2) is 41.3 Å². The van der Waals surface area contributed by atoms with Gasteiger partial charge in [0.15, 0.2) is 0 Å². The van der Waals surface area contributed by atoms with Gasteiger partial charge in [-0.15, -0.1) is 0 Å². The SMILES string of the molecule is Cc1cc(C(=O)N2CCSCC2)ccc1NC(=O)c1ccccc1C. The van der Waals surface area contributed by atoms with Crippen LogP contribution in [0, 0.1) is 13.8 Å². The lowest BCUT2D eigenvalue weighted by molar-refractivity contribution is 0.0772. The molecule has 0 atom stereocenters. The number of nitrogens with one attached hydrogen (secondary N) is 1. The molecule has 0 aromatic heterocycles. The van der Waals surface area contributed by atoms with Crippen LogP contribution in [0.1, 0.15) is 31.8 Å². The minimum Gasteiger partial charge on any atom is -0.337 e. The van der Waals surface area contributed by atoms with Crippen LogP contribution >= 0.6 is 11.8 Å². The van der Waals surface area contributed by atoms with E-state index in [9.17, 15) is 9.59 Å². The number of thioether (sulfide) groups is 1. The molecule has 2 aromatic carbocycles. The second-order valence-electron chi connectivity index (χ2n) is 6.20. The fraction of sp³-hybridized carbons (Fsp3) is 0.300. The average Bonchev–Trinajstić information content (AvgIpc) is 2.63. The topological polar surface area (TPSA) is 49.4 Å². The molecule has 1 fully saturated rings. The average molecular weight is 354 g/mol. The minimum atomic E-state index is -0.131. The highest BCUT2D eigenvalue weighted by molar-refractivity contribution is 7.99. The highest BCUT2D eigenvalue weighted by atomic mass is 32.2. The Morgan fingerprint density at radius 1 is 1.00 bits per heavy atom. The van der Waals surface area contributed by atoms with Gasteiger partial charge in [0.1, 0.15) is 0 Å². The fourth-order valence-electron chi connectivity index (χ4n) is 2.90. The van der Waals surface area contributed by atoms with Gasteiger partial charge in [-0.3, -0.25) is 9.59 Å². The van der Waals surface area contributed by atoms with Gasteiger partial charge in [0, 0.05) is 41.4 Å². The predicted molar refractivity (Wildman–Crippen MR) is 104 cm³/mol. The van der Waals surface area contributed by atoms with Crippen LogP contribution < -0.4 is 5.32 Å². The molecule has 1 aliphatic heterocycles. The van der Waals surface area contributed by atoms with Crippen molar-refractivity contribution >= 4 is 29.3 Å². The van der Waals surface area contributed by atoms with Crippen molar-refractivity contribution in [3.8, 4) is 0 Å². The van der Waals surface area contributed by atoms with Gasteiger partial charge in [-0.05, 0) is 49.2 Å². The Hall–Kier alpha value is -2.27. The van der Waals surface area contributed by atoms with Crippen molar-refractivity contribution < 1.29 is 9.59 Å². The molecule has 2 aromatic rings. The van der Waals surface area contributed by atoms with Crippen LogP contribution in [0.5, 0.6) is 0 Å². The third kappa shape index (κ3) is 4.04. The smallest absolute Gasteiger partial charge is 0.255 e. The molecule has 1 heterocycles. The number of aryl methyl sites for hydroxylation is 2. The summed E-state index contributed by atoms with van der Waals surface area (Å²) in [6, 6.07) is 13.0. The number of rotatable bonds is 3. The van der Waals surface area contributed by atoms with Crippen LogP contribution in [0.25, 0.3) is 0 Å². The van der Waals surface area contributed by atoms with E-state index in [0.717, 1.165) is 41.4 Å². The standard InChI is InChI=1S/C20H22N2O2S/c1-14-5-3-4-6-17(14)19(23)21-18-8-7-16(13-15(18)2)20(24)22-9-11-25-12-10-22/h3-8,13H,9-12H2,1-2H3,(H,21,23). The molecule has 1 aliphatic rings. The Bertz CT molecular complexity index is 798. The number of amides is 2. The summed E-state index contributed by atoms with van der Waals surface area (Å²) >= 11 is 1.88. The summed E-state index contributed by atoms with van der Waals surface area (Å²) in [6.07, 6.45) is 0. The van der Waals surface area contributed by atoms with E-state index in [0.29, 0.717) is 11.1 Å². The second kappa shape index (κ2) is 7.74. The predicted octanol–water partition coefficient (Wildman–Crippen LogP) is 3.74. The first-order chi connectivity index (χ1) is 12.1. The molecule has 4 nitrogen and oxygen atoms in total. The zero-order valence-corrected chi connectivity index (χ0v) is 15.4. The van der Waals surface area contributed by atoms with Gasteiger partial charge in [-0.25, -0.2) is 0 Å². The van der Waals surface area contributed by atoms with Gasteiger partial charge in [0.25, 0.3) is 11.8 Å². The molecule has 0 bridgehead atoms. The number of hydrogen-bond acceptors (Lipinski definition) is 3. The number of benzene rings is 2. The Morgan fingerprint density at radius 2 is 1.72 bits per heavy atom. The van der Waals surface area contributed by atoms with Gasteiger partial charge in [-0.2, -0.15) is 11.8 Å². The molecule has 0 unspecified atom stereocenters. The quantitative estimate of drug-likeness (QED) is 0.913. The Morgan fingerprint density at radius 3 is 2.40 bits per heavy atom. The molecule has 130 valence electrons. The molecule has 0 spiro atoms. The van der Waals surface area contributed by atoms with Crippen LogP contribution in [0.15, 0.2) is 42.5 Å². The maximum atomic E-state index is 12.6. The molecular weight excluding hydrogens is 332 g/mol. The van der Waals surface area contributed by atoms with Crippen molar-refractivity contribution in [3.05, 3.63) is 64.7 Å². The van der Waals surface area contributed by atoms with Crippen molar-refractivity contribution in [2.45, 2.75) is 13.8 Å². The zero-order chi connectivity index (χ0) is 17.8. The molecule has 0 radical (unpaired) electrons. The van der Waals surface area contributed by atoms with Gasteiger partial charge < -0.3 is 10.2 Å². The highest BCUT2D eigenvalue weighted by Crippen LogP contribution is 2.20. The van der Waals surface area contributed by atoms with Crippen molar-refractivity contribution in [1.82, 2.24) is 4.90 Å². The van der Waals surface area contributed by atoms with E-state index in [1.165, 1.54) is 0 Å². The van der Waals surface area contributed by atoms with Crippen molar-refractivity contribution in [3.63, 3.8) is 0 Å². The van der Waals surface area contributed by atoms with Crippen LogP contribution in [0.4, 0.5) is 5.69 Å². The molecule has 1 saturated heterocycles. The van der Waals surface area contributed by atoms with E-state index in [1.54, 1.807) is 6.07 Å². The number of carbonyl (C=O) groups is 2. The van der Waals surface area contributed by atoms with Gasteiger partial charge in [0.05, 0.1) is 0 Å². The summed E-state index contributed by atoms with van der Waals surface area (Å²) in [5.41, 5.74) is 3.90. The van der Waals surface area contributed by atoms with Crippen molar-refractivity contribution in [2.75, 3.05) is 29.9 Å². The highest BCUT2D eigenvalue weighted by Gasteiger charge is 2.19. The lowest BCUT2D eigenvalue weighted by Gasteiger charge is -2.26. The lowest BCUT2D eigenvalue weighted by atomic mass is 10.1. The van der Waals surface area contributed by atoms with E-state index >= 15 is 0 Å². The molecule has 2 amide bonds. The third-order valence-corrected chi connectivity index (χ3v) is 5.35. The van der Waals surface area contributed by atoms with Crippen LogP contribution in [0.2, 0.25) is 0 Å². The Labute approximate surface area is 152 Å². The third-order valence-electron chi connectivity index (χ3n) is 4.41. The van der Waals surface area contributed by atoms with Crippen molar-refractivity contribution in [2.24, 2.45) is 0 Å². The van der Waals surface area contributed by atoms with E-state index in [-0.39, 0.29) is 11.8 Å². The fourth-order valence-corrected chi connectivity index (χ4v) is 3.81. The lowest BCUT2D eigenvalue weighted by Crippen LogP contribution is -2.37. The maximum Gasteiger partial charge on any atom is 0.255 e. The summed E-state index contributed by atoms with van der Waals surface area (Å²) < 4.78 is 0. The summed E-state index contributed by atoms with van der Waals surface area (Å²) in [7, 11) is 0. The maximum absolute atomic E-state index is 12.6. The zero-order valence-electron chi connectivity index (χ0n) is 14.5. The number of nitrogens with zero attached hydrogens (tertiary/aromatic N) is 1. The monoisotopic (exact) mass is 354 g/mol. The van der Waals surface area contributed by atoms with E-state index < -0.39 is 0 Å². The number of hydrogen-bond donors (Lipinski definition) is 1. The molecule has 3 rings (SSSR count). The second-order valence-corrected chi connectivity index (χ2v) is 7.43. The molecular formula is C20H22N2O2S. The number of carbonyl (C=O) groups excluding carboxylic acids is 2. The summed E-state index contributed by atoms with van der Waals surface area (Å²) in [5, 5.41) is 2.95. The van der Waals surface area contributed by atoms with Crippen LogP contribution in [0.3, 0.4) is 0 Å². The minimum absolute atomic E-state index is 0.0696. The molecule has 1 N–H and O–H groups in total. The first-order valence-corrected chi connectivity index (χ1v) is 9.56. The van der Waals surface area contributed by atoms with Gasteiger partial charge in [0.2, 0.25) is 0 Å². The van der Waals surface area contributed by atoms with Gasteiger partial charge in [-0.1, -0.05) is 18.2 Å². The molecule has 0 saturated carbocycles. The summed E-state index contributed by atoms with van der Waals surface area (Å²) in [6.45, 7) is 5.43. The number of anilines is 1. The molecule has 25 heavy (non-hydrogen) atoms. The largest absolute Gasteiger partial charge is 0.337 e. The van der Waals surface area contributed by atoms with Crippen molar-refractivity contribution in [1.29, 1.82) is 0 Å². The molecule has 0 aliphatic carbocycles. The summed E-state index contributed by atoms with van der Waals surface area (Å²) in [4.78, 5) is 26.9. The first-order valence-electron chi connectivity index (χ1n) is 8.41. The van der Waals surface area contributed by atoms with E-state index in [2.05, 4.69) is 5.32 Å². The first kappa shape index (κ1) is 17.5. The molecule has 5 heteroatoms.